The number of hydrogen-bond acceptors (Lipinski definition) is 2. The normalized spacial score (nSPS) is 12.2. The average molecular weight is 352 g/mol. The van der Waals surface area contributed by atoms with E-state index in [4.69, 9.17) is 4.74 Å². The molecule has 21 heavy (non-hydrogen) atoms. The van der Waals surface area contributed by atoms with E-state index in [1.165, 1.54) is 6.07 Å². The molecule has 0 aromatic heterocycles. The van der Waals surface area contributed by atoms with Crippen molar-refractivity contribution in [3.8, 4) is 11.5 Å². The summed E-state index contributed by atoms with van der Waals surface area (Å²) in [6.45, 7) is 6.66. The molecule has 0 bridgehead atoms. The second-order valence-electron chi connectivity index (χ2n) is 4.94. The highest BCUT2D eigenvalue weighted by Gasteiger charge is 2.17. The van der Waals surface area contributed by atoms with Crippen molar-refractivity contribution < 1.29 is 9.13 Å². The van der Waals surface area contributed by atoms with E-state index in [-0.39, 0.29) is 11.9 Å². The fraction of sp³-hybridized carbons (Fsp3) is 0.294. The molecule has 0 aliphatic rings. The molecular weight excluding hydrogens is 333 g/mol. The molecule has 0 fully saturated rings. The van der Waals surface area contributed by atoms with E-state index >= 15 is 0 Å². The number of rotatable bonds is 5. The lowest BCUT2D eigenvalue weighted by Crippen LogP contribution is -2.19. The summed E-state index contributed by atoms with van der Waals surface area (Å²) >= 11 is 3.43. The highest BCUT2D eigenvalue weighted by Crippen LogP contribution is 2.34. The van der Waals surface area contributed by atoms with Gasteiger partial charge in [-0.15, -0.1) is 0 Å². The Morgan fingerprint density at radius 2 is 2.00 bits per heavy atom. The van der Waals surface area contributed by atoms with Gasteiger partial charge in [0.2, 0.25) is 0 Å². The Kier molecular flexibility index (Phi) is 5.37. The van der Waals surface area contributed by atoms with E-state index in [2.05, 4.69) is 21.2 Å². The molecule has 0 heterocycles. The first kappa shape index (κ1) is 16.0. The molecule has 112 valence electrons. The second-order valence-corrected chi connectivity index (χ2v) is 5.86. The van der Waals surface area contributed by atoms with Crippen LogP contribution in [0.1, 0.15) is 31.0 Å². The standard InChI is InChI=1S/C17H19BrFNO/c1-4-20-12(3)17-14(19)6-5-7-15(17)21-16-10-13(18)9-8-11(16)2/h5-10,12,20H,4H2,1-3H3. The van der Waals surface area contributed by atoms with Crippen molar-refractivity contribution in [1.29, 1.82) is 0 Å². The summed E-state index contributed by atoms with van der Waals surface area (Å²) in [4.78, 5) is 0. The second kappa shape index (κ2) is 7.05. The van der Waals surface area contributed by atoms with E-state index in [0.29, 0.717) is 11.3 Å². The third-order valence-corrected chi connectivity index (χ3v) is 3.82. The van der Waals surface area contributed by atoms with Gasteiger partial charge in [-0.05, 0) is 50.2 Å². The molecule has 0 aliphatic heterocycles. The van der Waals surface area contributed by atoms with Crippen LogP contribution in [0.25, 0.3) is 0 Å². The molecule has 1 unspecified atom stereocenters. The Morgan fingerprint density at radius 3 is 2.71 bits per heavy atom. The Hall–Kier alpha value is -1.39. The quantitative estimate of drug-likeness (QED) is 0.782. The van der Waals surface area contributed by atoms with Crippen LogP contribution in [0.4, 0.5) is 4.39 Å². The van der Waals surface area contributed by atoms with E-state index in [9.17, 15) is 4.39 Å². The Balaban J connectivity index is 2.40. The van der Waals surface area contributed by atoms with Crippen LogP contribution in [0.15, 0.2) is 40.9 Å². The Labute approximate surface area is 133 Å². The molecule has 2 nitrogen and oxygen atoms in total. The van der Waals surface area contributed by atoms with Crippen LogP contribution in [-0.2, 0) is 0 Å². The molecular formula is C17H19BrFNO. The molecule has 0 spiro atoms. The van der Waals surface area contributed by atoms with Gasteiger partial charge in [-0.25, -0.2) is 4.39 Å². The fourth-order valence-corrected chi connectivity index (χ4v) is 2.58. The molecule has 4 heteroatoms. The number of hydrogen-bond donors (Lipinski definition) is 1. The lowest BCUT2D eigenvalue weighted by Gasteiger charge is -2.19. The number of benzene rings is 2. The molecule has 1 N–H and O–H groups in total. The molecule has 0 aliphatic carbocycles. The highest BCUT2D eigenvalue weighted by molar-refractivity contribution is 9.10. The zero-order chi connectivity index (χ0) is 15.4. The summed E-state index contributed by atoms with van der Waals surface area (Å²) in [5, 5.41) is 3.23. The smallest absolute Gasteiger partial charge is 0.135 e. The SMILES string of the molecule is CCNC(C)c1c(F)cccc1Oc1cc(Br)ccc1C. The fourth-order valence-electron chi connectivity index (χ4n) is 2.24. The minimum atomic E-state index is -0.256. The zero-order valence-electron chi connectivity index (χ0n) is 12.4. The predicted octanol–water partition coefficient (Wildman–Crippen LogP) is 5.36. The van der Waals surface area contributed by atoms with Crippen LogP contribution in [0.3, 0.4) is 0 Å². The van der Waals surface area contributed by atoms with Gasteiger partial charge >= 0.3 is 0 Å². The minimum Gasteiger partial charge on any atom is -0.457 e. The average Bonchev–Trinajstić information content (AvgIpc) is 2.43. The summed E-state index contributed by atoms with van der Waals surface area (Å²) in [5.41, 5.74) is 1.56. The number of ether oxygens (including phenoxy) is 1. The number of aryl methyl sites for hydroxylation is 1. The molecule has 0 amide bonds. The van der Waals surface area contributed by atoms with Crippen LogP contribution in [-0.4, -0.2) is 6.54 Å². The lowest BCUT2D eigenvalue weighted by molar-refractivity contribution is 0.445. The summed E-state index contributed by atoms with van der Waals surface area (Å²) in [6, 6.07) is 10.6. The van der Waals surface area contributed by atoms with Crippen LogP contribution >= 0.6 is 15.9 Å². The van der Waals surface area contributed by atoms with Crippen LogP contribution in [0, 0.1) is 12.7 Å². The first-order chi connectivity index (χ1) is 10.0. The van der Waals surface area contributed by atoms with Crippen molar-refractivity contribution in [2.45, 2.75) is 26.8 Å². The van der Waals surface area contributed by atoms with E-state index in [1.807, 2.05) is 39.0 Å². The van der Waals surface area contributed by atoms with Gasteiger partial charge in [0.25, 0.3) is 0 Å². The maximum Gasteiger partial charge on any atom is 0.135 e. The van der Waals surface area contributed by atoms with Crippen molar-refractivity contribution in [2.75, 3.05) is 6.54 Å². The topological polar surface area (TPSA) is 21.3 Å². The van der Waals surface area contributed by atoms with Crippen molar-refractivity contribution in [3.63, 3.8) is 0 Å². The van der Waals surface area contributed by atoms with E-state index in [1.54, 1.807) is 12.1 Å². The summed E-state index contributed by atoms with van der Waals surface area (Å²) in [6.07, 6.45) is 0. The molecule has 0 saturated carbocycles. The molecule has 0 radical (unpaired) electrons. The van der Waals surface area contributed by atoms with Gasteiger partial charge < -0.3 is 10.1 Å². The van der Waals surface area contributed by atoms with E-state index in [0.717, 1.165) is 22.3 Å². The Bertz CT molecular complexity index is 630. The van der Waals surface area contributed by atoms with Gasteiger partial charge in [0.05, 0.1) is 0 Å². The monoisotopic (exact) mass is 351 g/mol. The Morgan fingerprint density at radius 1 is 1.24 bits per heavy atom. The third-order valence-electron chi connectivity index (χ3n) is 3.33. The van der Waals surface area contributed by atoms with Crippen molar-refractivity contribution in [3.05, 3.63) is 57.8 Å². The van der Waals surface area contributed by atoms with Crippen molar-refractivity contribution in [1.82, 2.24) is 5.32 Å². The summed E-state index contributed by atoms with van der Waals surface area (Å²) in [7, 11) is 0. The zero-order valence-corrected chi connectivity index (χ0v) is 14.0. The van der Waals surface area contributed by atoms with Crippen LogP contribution < -0.4 is 10.1 Å². The van der Waals surface area contributed by atoms with Crippen LogP contribution in [0.5, 0.6) is 11.5 Å². The maximum atomic E-state index is 14.2. The predicted molar refractivity (Wildman–Crippen MR) is 87.4 cm³/mol. The van der Waals surface area contributed by atoms with E-state index < -0.39 is 0 Å². The summed E-state index contributed by atoms with van der Waals surface area (Å²) in [5.74, 6) is 1.01. The molecule has 2 aromatic rings. The highest BCUT2D eigenvalue weighted by atomic mass is 79.9. The van der Waals surface area contributed by atoms with Crippen molar-refractivity contribution >= 4 is 15.9 Å². The molecule has 1 atom stereocenters. The third kappa shape index (κ3) is 3.83. The molecule has 0 saturated heterocycles. The number of halogens is 2. The largest absolute Gasteiger partial charge is 0.457 e. The maximum absolute atomic E-state index is 14.2. The summed E-state index contributed by atoms with van der Waals surface area (Å²) < 4.78 is 21.1. The first-order valence-corrected chi connectivity index (χ1v) is 7.78. The molecule has 2 aromatic carbocycles. The van der Waals surface area contributed by atoms with Gasteiger partial charge in [0.15, 0.2) is 0 Å². The van der Waals surface area contributed by atoms with Gasteiger partial charge in [0.1, 0.15) is 17.3 Å². The number of nitrogens with one attached hydrogen (secondary N) is 1. The van der Waals surface area contributed by atoms with Gasteiger partial charge in [-0.3, -0.25) is 0 Å². The minimum absolute atomic E-state index is 0.112. The van der Waals surface area contributed by atoms with Crippen molar-refractivity contribution in [2.24, 2.45) is 0 Å². The van der Waals surface area contributed by atoms with Gasteiger partial charge in [0, 0.05) is 16.1 Å². The van der Waals surface area contributed by atoms with Crippen LogP contribution in [0.2, 0.25) is 0 Å². The lowest BCUT2D eigenvalue weighted by atomic mass is 10.1. The van der Waals surface area contributed by atoms with Gasteiger partial charge in [-0.1, -0.05) is 35.0 Å². The van der Waals surface area contributed by atoms with Gasteiger partial charge in [-0.2, -0.15) is 0 Å². The molecule has 2 rings (SSSR count). The first-order valence-electron chi connectivity index (χ1n) is 6.98.